The molecule has 0 aromatic heterocycles. The molecule has 0 atom stereocenters. The molecule has 2 aromatic carbocycles. The quantitative estimate of drug-likeness (QED) is 0.724. The lowest BCUT2D eigenvalue weighted by Gasteiger charge is -2.06. The average Bonchev–Trinajstić information content (AvgIpc) is 2.32. The van der Waals surface area contributed by atoms with Crippen LogP contribution in [0.5, 0.6) is 0 Å². The molecule has 0 bridgehead atoms. The third-order valence-electron chi connectivity index (χ3n) is 2.14. The van der Waals surface area contributed by atoms with Gasteiger partial charge in [-0.25, -0.2) is 0 Å². The van der Waals surface area contributed by atoms with Crippen molar-refractivity contribution in [1.82, 2.24) is 0 Å². The molecular weight excluding hydrogens is 362 g/mol. The number of halogens is 2. The maximum absolute atomic E-state index is 9.14. The van der Waals surface area contributed by atoms with E-state index in [-0.39, 0.29) is 0 Å². The Morgan fingerprint density at radius 2 is 1.53 bits per heavy atom. The van der Waals surface area contributed by atoms with E-state index in [0.29, 0.717) is 5.56 Å². The lowest BCUT2D eigenvalue weighted by Crippen LogP contribution is -1.83. The summed E-state index contributed by atoms with van der Waals surface area (Å²) in [5.74, 6) is 0. The van der Waals surface area contributed by atoms with Gasteiger partial charge in [-0.05, 0) is 56.1 Å². The van der Waals surface area contributed by atoms with Gasteiger partial charge in [-0.3, -0.25) is 0 Å². The third-order valence-corrected chi connectivity index (χ3v) is 4.89. The predicted molar refractivity (Wildman–Crippen MR) is 77.1 cm³/mol. The smallest absolute Gasteiger partial charge is 0.102 e. The highest BCUT2D eigenvalue weighted by Crippen LogP contribution is 2.36. The van der Waals surface area contributed by atoms with Gasteiger partial charge in [-0.15, -0.1) is 0 Å². The van der Waals surface area contributed by atoms with E-state index in [2.05, 4.69) is 37.9 Å². The Bertz CT molecular complexity index is 590. The Kier molecular flexibility index (Phi) is 4.27. The second-order valence-electron chi connectivity index (χ2n) is 3.26. The summed E-state index contributed by atoms with van der Waals surface area (Å²) < 4.78 is 1.87. The lowest BCUT2D eigenvalue weighted by molar-refractivity contribution is 1.32. The molecule has 0 amide bonds. The highest BCUT2D eigenvalue weighted by atomic mass is 79.9. The van der Waals surface area contributed by atoms with Crippen LogP contribution in [0.4, 0.5) is 0 Å². The Labute approximate surface area is 121 Å². The number of hydrogen-bond donors (Lipinski definition) is 0. The molecule has 2 rings (SSSR count). The van der Waals surface area contributed by atoms with Crippen molar-refractivity contribution >= 4 is 43.6 Å². The summed E-state index contributed by atoms with van der Waals surface area (Å²) in [7, 11) is 0. The highest BCUT2D eigenvalue weighted by molar-refractivity contribution is 9.10. The standard InChI is InChI=1S/C13H7Br2NS/c14-10-5-3-7-12(9(10)8-16)17-13-6-2-1-4-11(13)15/h1-7H. The normalized spacial score (nSPS) is 9.94. The van der Waals surface area contributed by atoms with Gasteiger partial charge in [-0.1, -0.05) is 30.0 Å². The van der Waals surface area contributed by atoms with Crippen molar-refractivity contribution < 1.29 is 0 Å². The zero-order chi connectivity index (χ0) is 12.3. The predicted octanol–water partition coefficient (Wildman–Crippen LogP) is 5.23. The van der Waals surface area contributed by atoms with Crippen molar-refractivity contribution in [1.29, 1.82) is 5.26 Å². The fourth-order valence-corrected chi connectivity index (χ4v) is 3.41. The van der Waals surface area contributed by atoms with E-state index >= 15 is 0 Å². The number of hydrogen-bond acceptors (Lipinski definition) is 2. The molecule has 0 aliphatic heterocycles. The molecule has 1 nitrogen and oxygen atoms in total. The van der Waals surface area contributed by atoms with Gasteiger partial charge in [0.25, 0.3) is 0 Å². The molecular formula is C13H7Br2NS. The maximum Gasteiger partial charge on any atom is 0.102 e. The van der Waals surface area contributed by atoms with Gasteiger partial charge in [0.2, 0.25) is 0 Å². The van der Waals surface area contributed by atoms with Gasteiger partial charge in [0.05, 0.1) is 5.56 Å². The monoisotopic (exact) mass is 367 g/mol. The first-order valence-electron chi connectivity index (χ1n) is 4.83. The Morgan fingerprint density at radius 3 is 2.24 bits per heavy atom. The van der Waals surface area contributed by atoms with Crippen LogP contribution in [0.2, 0.25) is 0 Å². The van der Waals surface area contributed by atoms with Crippen LogP contribution in [-0.2, 0) is 0 Å². The molecule has 0 unspecified atom stereocenters. The van der Waals surface area contributed by atoms with Crippen LogP contribution in [-0.4, -0.2) is 0 Å². The maximum atomic E-state index is 9.14. The summed E-state index contributed by atoms with van der Waals surface area (Å²) in [4.78, 5) is 2.05. The molecule has 0 spiro atoms. The number of benzene rings is 2. The van der Waals surface area contributed by atoms with Crippen LogP contribution >= 0.6 is 43.6 Å². The van der Waals surface area contributed by atoms with Crippen molar-refractivity contribution in [2.75, 3.05) is 0 Å². The topological polar surface area (TPSA) is 23.8 Å². The molecule has 0 aliphatic rings. The molecule has 0 saturated carbocycles. The largest absolute Gasteiger partial charge is 0.192 e. The molecule has 0 aliphatic carbocycles. The van der Waals surface area contributed by atoms with E-state index in [0.717, 1.165) is 18.7 Å². The van der Waals surface area contributed by atoms with Crippen molar-refractivity contribution in [3.05, 3.63) is 57.0 Å². The molecule has 17 heavy (non-hydrogen) atoms. The summed E-state index contributed by atoms with van der Waals surface area (Å²) >= 11 is 8.48. The third kappa shape index (κ3) is 2.92. The van der Waals surface area contributed by atoms with Crippen LogP contribution in [0.25, 0.3) is 0 Å². The number of rotatable bonds is 2. The van der Waals surface area contributed by atoms with Gasteiger partial charge >= 0.3 is 0 Å². The van der Waals surface area contributed by atoms with Gasteiger partial charge in [0.15, 0.2) is 0 Å². The van der Waals surface area contributed by atoms with Crippen molar-refractivity contribution in [3.8, 4) is 6.07 Å². The van der Waals surface area contributed by atoms with Gasteiger partial charge in [0, 0.05) is 18.7 Å². The number of nitriles is 1. The van der Waals surface area contributed by atoms with E-state index < -0.39 is 0 Å². The Morgan fingerprint density at radius 1 is 0.882 bits per heavy atom. The van der Waals surface area contributed by atoms with Gasteiger partial charge < -0.3 is 0 Å². The minimum absolute atomic E-state index is 0.674. The minimum Gasteiger partial charge on any atom is -0.192 e. The second-order valence-corrected chi connectivity index (χ2v) is 6.05. The molecule has 0 fully saturated rings. The molecule has 0 saturated heterocycles. The molecule has 84 valence electrons. The van der Waals surface area contributed by atoms with Gasteiger partial charge in [0.1, 0.15) is 6.07 Å². The van der Waals surface area contributed by atoms with Crippen molar-refractivity contribution in [2.24, 2.45) is 0 Å². The minimum atomic E-state index is 0.674. The first-order valence-corrected chi connectivity index (χ1v) is 7.23. The molecule has 0 radical (unpaired) electrons. The van der Waals surface area contributed by atoms with Crippen molar-refractivity contribution in [3.63, 3.8) is 0 Å². The van der Waals surface area contributed by atoms with E-state index in [1.807, 2.05) is 42.5 Å². The zero-order valence-electron chi connectivity index (χ0n) is 8.65. The lowest BCUT2D eigenvalue weighted by atomic mass is 10.2. The summed E-state index contributed by atoms with van der Waals surface area (Å²) in [5.41, 5.74) is 0.674. The van der Waals surface area contributed by atoms with Crippen LogP contribution in [0.15, 0.2) is 61.2 Å². The first kappa shape index (κ1) is 12.7. The fraction of sp³-hybridized carbons (Fsp3) is 0. The summed E-state index contributed by atoms with van der Waals surface area (Å²) in [5, 5.41) is 9.14. The number of nitrogens with zero attached hydrogens (tertiary/aromatic N) is 1. The van der Waals surface area contributed by atoms with Crippen LogP contribution < -0.4 is 0 Å². The fourth-order valence-electron chi connectivity index (χ4n) is 1.34. The molecule has 2 aromatic rings. The zero-order valence-corrected chi connectivity index (χ0v) is 12.6. The van der Waals surface area contributed by atoms with Gasteiger partial charge in [-0.2, -0.15) is 5.26 Å². The van der Waals surface area contributed by atoms with Crippen molar-refractivity contribution in [2.45, 2.75) is 9.79 Å². The summed E-state index contributed by atoms with van der Waals surface area (Å²) in [6, 6.07) is 16.0. The molecule has 4 heteroatoms. The summed E-state index contributed by atoms with van der Waals surface area (Å²) in [6.45, 7) is 0. The van der Waals surface area contributed by atoms with E-state index in [4.69, 9.17) is 5.26 Å². The SMILES string of the molecule is N#Cc1c(Br)cccc1Sc1ccccc1Br. The summed E-state index contributed by atoms with van der Waals surface area (Å²) in [6.07, 6.45) is 0. The van der Waals surface area contributed by atoms with E-state index in [9.17, 15) is 0 Å². The highest BCUT2D eigenvalue weighted by Gasteiger charge is 2.08. The Balaban J connectivity index is 2.41. The van der Waals surface area contributed by atoms with E-state index in [1.165, 1.54) is 0 Å². The average molecular weight is 369 g/mol. The van der Waals surface area contributed by atoms with Crippen LogP contribution in [0.3, 0.4) is 0 Å². The second kappa shape index (κ2) is 5.72. The van der Waals surface area contributed by atoms with Crippen LogP contribution in [0.1, 0.15) is 5.56 Å². The van der Waals surface area contributed by atoms with Crippen LogP contribution in [0, 0.1) is 11.3 Å². The molecule has 0 heterocycles. The Hall–Kier alpha value is -0.760. The van der Waals surface area contributed by atoms with E-state index in [1.54, 1.807) is 11.8 Å². The molecule has 0 N–H and O–H groups in total. The first-order chi connectivity index (χ1) is 8.22.